The molecule has 0 fully saturated rings. The van der Waals surface area contributed by atoms with Gasteiger partial charge >= 0.3 is 0 Å². The highest BCUT2D eigenvalue weighted by atomic mass is 14.9. The zero-order chi connectivity index (χ0) is 24.2. The van der Waals surface area contributed by atoms with E-state index in [4.69, 9.17) is 9.97 Å². The van der Waals surface area contributed by atoms with E-state index >= 15 is 0 Å². The maximum Gasteiger partial charge on any atom is 0.160 e. The Labute approximate surface area is 210 Å². The quantitative estimate of drug-likeness (QED) is 0.265. The molecule has 0 radical (unpaired) electrons. The van der Waals surface area contributed by atoms with Gasteiger partial charge in [-0.2, -0.15) is 0 Å². The van der Waals surface area contributed by atoms with Crippen molar-refractivity contribution in [1.82, 2.24) is 19.9 Å². The van der Waals surface area contributed by atoms with Crippen LogP contribution in [0.25, 0.3) is 56.4 Å². The monoisotopic (exact) mass is 462 g/mol. The van der Waals surface area contributed by atoms with Crippen LogP contribution < -0.4 is 0 Å². The minimum Gasteiger partial charge on any atom is -0.256 e. The van der Waals surface area contributed by atoms with Crippen molar-refractivity contribution in [3.8, 4) is 56.4 Å². The molecule has 0 aliphatic rings. The Morgan fingerprint density at radius 3 is 1.28 bits per heavy atom. The molecule has 0 atom stereocenters. The molecule has 0 saturated heterocycles. The number of hydrogen-bond donors (Lipinski definition) is 0. The van der Waals surface area contributed by atoms with Crippen LogP contribution in [0.1, 0.15) is 0 Å². The topological polar surface area (TPSA) is 51.6 Å². The Morgan fingerprint density at radius 2 is 0.778 bits per heavy atom. The van der Waals surface area contributed by atoms with E-state index in [1.807, 2.05) is 97.3 Å². The molecule has 0 aliphatic carbocycles. The molecule has 3 heterocycles. The van der Waals surface area contributed by atoms with Gasteiger partial charge in [0.2, 0.25) is 0 Å². The minimum absolute atomic E-state index is 0.689. The summed E-state index contributed by atoms with van der Waals surface area (Å²) in [5, 5.41) is 0. The molecule has 4 heteroatoms. The van der Waals surface area contributed by atoms with Crippen molar-refractivity contribution in [3.63, 3.8) is 0 Å². The smallest absolute Gasteiger partial charge is 0.160 e. The molecule has 6 rings (SSSR count). The van der Waals surface area contributed by atoms with Crippen molar-refractivity contribution in [2.24, 2.45) is 0 Å². The molecule has 0 unspecified atom stereocenters. The van der Waals surface area contributed by atoms with Crippen molar-refractivity contribution in [1.29, 1.82) is 0 Å². The second-order valence-electron chi connectivity index (χ2n) is 8.42. The summed E-state index contributed by atoms with van der Waals surface area (Å²) in [4.78, 5) is 19.1. The van der Waals surface area contributed by atoms with Crippen molar-refractivity contribution in [2.45, 2.75) is 0 Å². The second-order valence-corrected chi connectivity index (χ2v) is 8.42. The fourth-order valence-corrected chi connectivity index (χ4v) is 4.21. The largest absolute Gasteiger partial charge is 0.256 e. The molecule has 36 heavy (non-hydrogen) atoms. The predicted octanol–water partition coefficient (Wildman–Crippen LogP) is 7.60. The van der Waals surface area contributed by atoms with Crippen molar-refractivity contribution in [3.05, 3.63) is 134 Å². The van der Waals surface area contributed by atoms with E-state index in [9.17, 15) is 0 Å². The third-order valence-electron chi connectivity index (χ3n) is 5.98. The first kappa shape index (κ1) is 21.6. The summed E-state index contributed by atoms with van der Waals surface area (Å²) in [6, 6.07) is 40.7. The standard InChI is InChI=1S/C32H22N4/c1-3-11-23(12-4-1)30-22-31(36-32(35-30)24-13-5-2-6-14-24)27-20-25(28-15-7-9-17-33-28)19-26(21-27)29-16-8-10-18-34-29/h1-22H. The Balaban J connectivity index is 1.58. The van der Waals surface area contributed by atoms with E-state index in [-0.39, 0.29) is 0 Å². The van der Waals surface area contributed by atoms with Gasteiger partial charge < -0.3 is 0 Å². The fraction of sp³-hybridized carbons (Fsp3) is 0. The molecular formula is C32H22N4. The first-order valence-electron chi connectivity index (χ1n) is 11.8. The summed E-state index contributed by atoms with van der Waals surface area (Å²) in [5.74, 6) is 0.689. The molecule has 0 saturated carbocycles. The summed E-state index contributed by atoms with van der Waals surface area (Å²) < 4.78 is 0. The summed E-state index contributed by atoms with van der Waals surface area (Å²) in [6.45, 7) is 0. The minimum atomic E-state index is 0.689. The predicted molar refractivity (Wildman–Crippen MR) is 145 cm³/mol. The lowest BCUT2D eigenvalue weighted by atomic mass is 9.98. The number of rotatable bonds is 5. The molecular weight excluding hydrogens is 440 g/mol. The van der Waals surface area contributed by atoms with Crippen LogP contribution in [0.4, 0.5) is 0 Å². The van der Waals surface area contributed by atoms with Gasteiger partial charge in [-0.1, -0.05) is 72.8 Å². The molecule has 170 valence electrons. The van der Waals surface area contributed by atoms with E-state index in [2.05, 4.69) is 46.4 Å². The van der Waals surface area contributed by atoms with E-state index in [1.165, 1.54) is 0 Å². The summed E-state index contributed by atoms with van der Waals surface area (Å²) in [5.41, 5.74) is 8.54. The number of pyridine rings is 2. The first-order chi connectivity index (χ1) is 17.8. The normalized spacial score (nSPS) is 10.8. The average Bonchev–Trinajstić information content (AvgIpc) is 2.98. The van der Waals surface area contributed by atoms with E-state index in [0.29, 0.717) is 5.82 Å². The van der Waals surface area contributed by atoms with Crippen LogP contribution in [0.2, 0.25) is 0 Å². The molecule has 0 amide bonds. The second kappa shape index (κ2) is 9.72. The summed E-state index contributed by atoms with van der Waals surface area (Å²) in [6.07, 6.45) is 3.63. The molecule has 6 aromatic rings. The van der Waals surface area contributed by atoms with Crippen molar-refractivity contribution >= 4 is 0 Å². The molecule has 0 bridgehead atoms. The van der Waals surface area contributed by atoms with Crippen LogP contribution in [-0.2, 0) is 0 Å². The van der Waals surface area contributed by atoms with Crippen LogP contribution in [0.15, 0.2) is 134 Å². The van der Waals surface area contributed by atoms with Gasteiger partial charge in [0.15, 0.2) is 5.82 Å². The summed E-state index contributed by atoms with van der Waals surface area (Å²) >= 11 is 0. The maximum absolute atomic E-state index is 5.02. The molecule has 0 spiro atoms. The SMILES string of the molecule is c1ccc(-c2cc(-c3cc(-c4ccccn4)cc(-c4ccccn4)c3)nc(-c3ccccc3)n2)cc1. The van der Waals surface area contributed by atoms with Crippen LogP contribution in [0.3, 0.4) is 0 Å². The Hall–Kier alpha value is -4.96. The summed E-state index contributed by atoms with van der Waals surface area (Å²) in [7, 11) is 0. The van der Waals surface area contributed by atoms with Crippen LogP contribution in [-0.4, -0.2) is 19.9 Å². The third kappa shape index (κ3) is 4.52. The highest BCUT2D eigenvalue weighted by molar-refractivity contribution is 5.80. The Bertz CT molecular complexity index is 1360. The third-order valence-corrected chi connectivity index (χ3v) is 5.98. The lowest BCUT2D eigenvalue weighted by molar-refractivity contribution is 1.18. The molecule has 3 aromatic carbocycles. The van der Waals surface area contributed by atoms with Gasteiger partial charge in [0, 0.05) is 40.2 Å². The van der Waals surface area contributed by atoms with Gasteiger partial charge in [0.1, 0.15) is 0 Å². The Kier molecular flexibility index (Phi) is 5.83. The number of benzene rings is 3. The van der Waals surface area contributed by atoms with Crippen molar-refractivity contribution < 1.29 is 0 Å². The Morgan fingerprint density at radius 1 is 0.333 bits per heavy atom. The van der Waals surface area contributed by atoms with Crippen LogP contribution in [0.5, 0.6) is 0 Å². The number of aromatic nitrogens is 4. The van der Waals surface area contributed by atoms with E-state index < -0.39 is 0 Å². The number of hydrogen-bond acceptors (Lipinski definition) is 4. The average molecular weight is 463 g/mol. The first-order valence-corrected chi connectivity index (χ1v) is 11.8. The van der Waals surface area contributed by atoms with Crippen LogP contribution in [0, 0.1) is 0 Å². The molecule has 0 aliphatic heterocycles. The lowest BCUT2D eigenvalue weighted by Gasteiger charge is -2.12. The van der Waals surface area contributed by atoms with Gasteiger partial charge in [0.25, 0.3) is 0 Å². The van der Waals surface area contributed by atoms with Crippen molar-refractivity contribution in [2.75, 3.05) is 0 Å². The van der Waals surface area contributed by atoms with Gasteiger partial charge in [-0.15, -0.1) is 0 Å². The molecule has 3 aromatic heterocycles. The number of nitrogens with zero attached hydrogens (tertiary/aromatic N) is 4. The van der Waals surface area contributed by atoms with E-state index in [1.54, 1.807) is 0 Å². The van der Waals surface area contributed by atoms with Gasteiger partial charge in [0.05, 0.1) is 22.8 Å². The highest BCUT2D eigenvalue weighted by Crippen LogP contribution is 2.33. The van der Waals surface area contributed by atoms with Gasteiger partial charge in [-0.3, -0.25) is 9.97 Å². The maximum atomic E-state index is 5.02. The van der Waals surface area contributed by atoms with Crippen LogP contribution >= 0.6 is 0 Å². The van der Waals surface area contributed by atoms with Gasteiger partial charge in [-0.25, -0.2) is 9.97 Å². The molecule has 4 nitrogen and oxygen atoms in total. The fourth-order valence-electron chi connectivity index (χ4n) is 4.21. The van der Waals surface area contributed by atoms with E-state index in [0.717, 1.165) is 50.6 Å². The lowest BCUT2D eigenvalue weighted by Crippen LogP contribution is -1.97. The molecule has 0 N–H and O–H groups in total. The zero-order valence-electron chi connectivity index (χ0n) is 19.5. The van der Waals surface area contributed by atoms with Gasteiger partial charge in [-0.05, 0) is 48.5 Å². The highest BCUT2D eigenvalue weighted by Gasteiger charge is 2.13. The zero-order valence-corrected chi connectivity index (χ0v) is 19.5.